The molecule has 5 heteroatoms. The number of aryl methyl sites for hydroxylation is 1. The van der Waals surface area contributed by atoms with Crippen LogP contribution in [0.5, 0.6) is 5.75 Å². The Morgan fingerprint density at radius 1 is 0.906 bits per heavy atom. The maximum atomic E-state index is 13.5. The fourth-order valence-electron chi connectivity index (χ4n) is 4.18. The van der Waals surface area contributed by atoms with Crippen molar-refractivity contribution in [2.24, 2.45) is 7.05 Å². The maximum absolute atomic E-state index is 13.5. The zero-order valence-electron chi connectivity index (χ0n) is 18.2. The number of methoxy groups -OCH3 is 1. The summed E-state index contributed by atoms with van der Waals surface area (Å²) in [4.78, 5) is 18.3. The number of hydrogen-bond donors (Lipinski definition) is 0. The lowest BCUT2D eigenvalue weighted by Crippen LogP contribution is -2.22. The van der Waals surface area contributed by atoms with Crippen LogP contribution in [0.3, 0.4) is 0 Å². The van der Waals surface area contributed by atoms with E-state index < -0.39 is 0 Å². The highest BCUT2D eigenvalue weighted by atomic mass is 16.5. The average Bonchev–Trinajstić information content (AvgIpc) is 3.07. The number of para-hydroxylation sites is 2. The largest absolute Gasteiger partial charge is 0.497 e. The van der Waals surface area contributed by atoms with Crippen LogP contribution in [0.25, 0.3) is 39.6 Å². The molecule has 3 aromatic carbocycles. The Kier molecular flexibility index (Phi) is 4.86. The molecule has 32 heavy (non-hydrogen) atoms. The number of aromatic nitrogens is 3. The molecule has 0 radical (unpaired) electrons. The summed E-state index contributed by atoms with van der Waals surface area (Å²) in [7, 11) is 3.68. The standard InChI is InChI=1S/C27H23N3O2/c1-18-21(22-11-5-7-14-25(22)29(18)2)15-16-26-28-24-13-6-4-12-23(24)27(31)30(26)19-9-8-10-20(17-19)32-3/h4-17H,1-3H3. The number of fused-ring (bicyclic) bond motifs is 2. The van der Waals surface area contributed by atoms with Crippen LogP contribution >= 0.6 is 0 Å². The molecule has 0 spiro atoms. The Bertz CT molecular complexity index is 1560. The van der Waals surface area contributed by atoms with Crippen molar-refractivity contribution in [2.75, 3.05) is 7.11 Å². The predicted octanol–water partition coefficient (Wildman–Crippen LogP) is 5.36. The molecule has 158 valence electrons. The summed E-state index contributed by atoms with van der Waals surface area (Å²) in [6, 6.07) is 23.2. The third-order valence-electron chi connectivity index (χ3n) is 5.96. The monoisotopic (exact) mass is 421 g/mol. The molecular weight excluding hydrogens is 398 g/mol. The van der Waals surface area contributed by atoms with Crippen LogP contribution in [-0.4, -0.2) is 21.2 Å². The number of nitrogens with zero attached hydrogens (tertiary/aromatic N) is 3. The molecule has 5 nitrogen and oxygen atoms in total. The van der Waals surface area contributed by atoms with Gasteiger partial charge in [-0.05, 0) is 49.4 Å². The van der Waals surface area contributed by atoms with E-state index in [2.05, 4.69) is 30.7 Å². The van der Waals surface area contributed by atoms with Crippen molar-refractivity contribution in [3.05, 3.63) is 100 Å². The molecule has 2 heterocycles. The molecule has 5 rings (SSSR count). The molecular formula is C27H23N3O2. The zero-order valence-corrected chi connectivity index (χ0v) is 18.2. The van der Waals surface area contributed by atoms with Gasteiger partial charge in [-0.2, -0.15) is 0 Å². The summed E-state index contributed by atoms with van der Waals surface area (Å²) in [5.74, 6) is 1.25. The highest BCUT2D eigenvalue weighted by molar-refractivity contribution is 5.93. The van der Waals surface area contributed by atoms with Crippen molar-refractivity contribution in [1.29, 1.82) is 0 Å². The second-order valence-corrected chi connectivity index (χ2v) is 7.74. The van der Waals surface area contributed by atoms with Crippen molar-refractivity contribution in [3.8, 4) is 11.4 Å². The quantitative estimate of drug-likeness (QED) is 0.392. The Balaban J connectivity index is 1.76. The summed E-state index contributed by atoms with van der Waals surface area (Å²) >= 11 is 0. The molecule has 0 unspecified atom stereocenters. The Hall–Kier alpha value is -4.12. The van der Waals surface area contributed by atoms with Crippen LogP contribution in [0.15, 0.2) is 77.6 Å². The molecule has 0 aliphatic heterocycles. The van der Waals surface area contributed by atoms with Crippen molar-refractivity contribution in [2.45, 2.75) is 6.92 Å². The lowest BCUT2D eigenvalue weighted by atomic mass is 10.1. The van der Waals surface area contributed by atoms with E-state index in [9.17, 15) is 4.79 Å². The van der Waals surface area contributed by atoms with Crippen LogP contribution in [0.1, 0.15) is 17.1 Å². The van der Waals surface area contributed by atoms with Gasteiger partial charge in [0.2, 0.25) is 0 Å². The van der Waals surface area contributed by atoms with E-state index in [-0.39, 0.29) is 5.56 Å². The first-order chi connectivity index (χ1) is 15.6. The molecule has 0 aliphatic rings. The fraction of sp³-hybridized carbons (Fsp3) is 0.111. The molecule has 0 fully saturated rings. The molecule has 0 bridgehead atoms. The molecule has 5 aromatic rings. The number of rotatable bonds is 4. The van der Waals surface area contributed by atoms with Crippen molar-refractivity contribution < 1.29 is 4.74 Å². The molecule has 2 aromatic heterocycles. The van der Waals surface area contributed by atoms with Gasteiger partial charge in [0.15, 0.2) is 0 Å². The van der Waals surface area contributed by atoms with Crippen LogP contribution in [-0.2, 0) is 7.05 Å². The zero-order chi connectivity index (χ0) is 22.2. The SMILES string of the molecule is COc1cccc(-n2c(C=Cc3c(C)n(C)c4ccccc34)nc3ccccc3c2=O)c1. The lowest BCUT2D eigenvalue weighted by molar-refractivity contribution is 0.414. The van der Waals surface area contributed by atoms with E-state index in [0.29, 0.717) is 28.2 Å². The second kappa shape index (κ2) is 7.85. The Morgan fingerprint density at radius 2 is 1.66 bits per heavy atom. The molecule has 0 aliphatic carbocycles. The van der Waals surface area contributed by atoms with Crippen LogP contribution in [0.2, 0.25) is 0 Å². The summed E-state index contributed by atoms with van der Waals surface area (Å²) < 4.78 is 9.20. The number of ether oxygens (including phenoxy) is 1. The maximum Gasteiger partial charge on any atom is 0.266 e. The normalized spacial score (nSPS) is 11.6. The molecule has 0 N–H and O–H groups in total. The third-order valence-corrected chi connectivity index (χ3v) is 5.96. The first-order valence-electron chi connectivity index (χ1n) is 10.5. The minimum atomic E-state index is -0.113. The van der Waals surface area contributed by atoms with Crippen LogP contribution < -0.4 is 10.3 Å². The highest BCUT2D eigenvalue weighted by Crippen LogP contribution is 2.27. The smallest absolute Gasteiger partial charge is 0.266 e. The number of benzene rings is 3. The van der Waals surface area contributed by atoms with Gasteiger partial charge in [-0.25, -0.2) is 4.98 Å². The third kappa shape index (κ3) is 3.19. The molecule has 0 atom stereocenters. The molecule has 0 saturated carbocycles. The van der Waals surface area contributed by atoms with E-state index in [4.69, 9.17) is 9.72 Å². The van der Waals surface area contributed by atoms with Gasteiger partial charge in [-0.1, -0.05) is 36.4 Å². The van der Waals surface area contributed by atoms with E-state index in [0.717, 1.165) is 11.3 Å². The van der Waals surface area contributed by atoms with E-state index in [1.807, 2.05) is 72.8 Å². The molecule has 0 saturated heterocycles. The van der Waals surface area contributed by atoms with Crippen molar-refractivity contribution in [1.82, 2.24) is 14.1 Å². The van der Waals surface area contributed by atoms with Gasteiger partial charge in [-0.15, -0.1) is 0 Å². The summed E-state index contributed by atoms with van der Waals surface area (Å²) in [6.07, 6.45) is 3.97. The Morgan fingerprint density at radius 3 is 2.47 bits per heavy atom. The predicted molar refractivity (Wildman–Crippen MR) is 130 cm³/mol. The minimum Gasteiger partial charge on any atom is -0.497 e. The molecule has 0 amide bonds. The number of hydrogen-bond acceptors (Lipinski definition) is 3. The lowest BCUT2D eigenvalue weighted by Gasteiger charge is -2.12. The first kappa shape index (κ1) is 19.8. The Labute approximate surface area is 185 Å². The summed E-state index contributed by atoms with van der Waals surface area (Å²) in [5.41, 5.74) is 4.70. The van der Waals surface area contributed by atoms with Gasteiger partial charge in [0, 0.05) is 35.3 Å². The van der Waals surface area contributed by atoms with Gasteiger partial charge in [-0.3, -0.25) is 9.36 Å². The van der Waals surface area contributed by atoms with E-state index >= 15 is 0 Å². The highest BCUT2D eigenvalue weighted by Gasteiger charge is 2.13. The van der Waals surface area contributed by atoms with Gasteiger partial charge in [0.1, 0.15) is 11.6 Å². The van der Waals surface area contributed by atoms with Gasteiger partial charge >= 0.3 is 0 Å². The fourth-order valence-corrected chi connectivity index (χ4v) is 4.18. The van der Waals surface area contributed by atoms with Crippen molar-refractivity contribution in [3.63, 3.8) is 0 Å². The van der Waals surface area contributed by atoms with Gasteiger partial charge in [0.05, 0.1) is 23.7 Å². The van der Waals surface area contributed by atoms with Gasteiger partial charge < -0.3 is 9.30 Å². The second-order valence-electron chi connectivity index (χ2n) is 7.74. The summed E-state index contributed by atoms with van der Waals surface area (Å²) in [5, 5.41) is 1.74. The van der Waals surface area contributed by atoms with Crippen molar-refractivity contribution >= 4 is 34.0 Å². The average molecular weight is 422 g/mol. The topological polar surface area (TPSA) is 49.0 Å². The first-order valence-corrected chi connectivity index (χ1v) is 10.5. The van der Waals surface area contributed by atoms with E-state index in [1.54, 1.807) is 11.7 Å². The minimum absolute atomic E-state index is 0.113. The van der Waals surface area contributed by atoms with Crippen LogP contribution in [0.4, 0.5) is 0 Å². The van der Waals surface area contributed by atoms with E-state index in [1.165, 1.54) is 10.9 Å². The summed E-state index contributed by atoms with van der Waals surface area (Å²) in [6.45, 7) is 2.10. The van der Waals surface area contributed by atoms with Crippen LogP contribution in [0, 0.1) is 6.92 Å². The van der Waals surface area contributed by atoms with Gasteiger partial charge in [0.25, 0.3) is 5.56 Å².